The zero-order valence-electron chi connectivity index (χ0n) is 24.9. The lowest BCUT2D eigenvalue weighted by Crippen LogP contribution is -2.78. The molecule has 234 valence electrons. The molecule has 1 saturated heterocycles. The van der Waals surface area contributed by atoms with Crippen molar-refractivity contribution in [2.45, 2.75) is 87.8 Å². The minimum Gasteiger partial charge on any atom is -0.483 e. The van der Waals surface area contributed by atoms with E-state index in [1.165, 1.54) is 44.1 Å². The van der Waals surface area contributed by atoms with Crippen LogP contribution in [0.4, 0.5) is 13.2 Å². The number of nitrogens with zero attached hydrogens (tertiary/aromatic N) is 2. The molecule has 2 aliphatic heterocycles. The summed E-state index contributed by atoms with van der Waals surface area (Å²) in [6, 6.07) is 8.13. The molecule has 0 aromatic heterocycles. The van der Waals surface area contributed by atoms with Crippen molar-refractivity contribution in [3.05, 3.63) is 64.7 Å². The minimum atomic E-state index is -4.48. The quantitative estimate of drug-likeness (QED) is 0.266. The summed E-state index contributed by atoms with van der Waals surface area (Å²) < 4.78 is 52.1. The molecule has 44 heavy (non-hydrogen) atoms. The summed E-state index contributed by atoms with van der Waals surface area (Å²) in [5.74, 6) is 0.654. The Morgan fingerprint density at radius 1 is 1.18 bits per heavy atom. The molecular formula is C34H37F3N2O5. The van der Waals surface area contributed by atoms with E-state index in [0.717, 1.165) is 36.3 Å². The molecule has 2 saturated carbocycles. The van der Waals surface area contributed by atoms with Crippen molar-refractivity contribution in [2.75, 3.05) is 19.6 Å². The van der Waals surface area contributed by atoms with Gasteiger partial charge in [-0.15, -0.1) is 0 Å². The van der Waals surface area contributed by atoms with Gasteiger partial charge in [-0.1, -0.05) is 18.2 Å². The maximum absolute atomic E-state index is 13.7. The smallest absolute Gasteiger partial charge is 0.416 e. The first-order valence-electron chi connectivity index (χ1n) is 15.6. The van der Waals surface area contributed by atoms with Gasteiger partial charge in [0.15, 0.2) is 11.5 Å². The molecule has 3 aliphatic carbocycles. The fourth-order valence-corrected chi connectivity index (χ4v) is 8.63. The zero-order chi connectivity index (χ0) is 31.0. The van der Waals surface area contributed by atoms with Crippen molar-refractivity contribution in [3.63, 3.8) is 0 Å². The third-order valence-electron chi connectivity index (χ3n) is 10.6. The van der Waals surface area contributed by atoms with Crippen LogP contribution in [0.3, 0.4) is 0 Å². The number of aliphatic hydroxyl groups is 1. The first-order chi connectivity index (χ1) is 21.0. The van der Waals surface area contributed by atoms with Crippen LogP contribution in [-0.2, 0) is 27.6 Å². The zero-order valence-corrected chi connectivity index (χ0v) is 24.9. The molecule has 2 aromatic carbocycles. The van der Waals surface area contributed by atoms with Gasteiger partial charge in [0, 0.05) is 37.7 Å². The van der Waals surface area contributed by atoms with E-state index in [0.29, 0.717) is 49.6 Å². The number of likely N-dealkylation sites (tertiary alicyclic amines) is 1. The molecule has 1 N–H and O–H groups in total. The van der Waals surface area contributed by atoms with Gasteiger partial charge >= 0.3 is 12.1 Å². The topological polar surface area (TPSA) is 79.3 Å². The molecule has 2 heterocycles. The van der Waals surface area contributed by atoms with Gasteiger partial charge in [0.25, 0.3) is 0 Å². The molecule has 3 fully saturated rings. The molecule has 0 radical (unpaired) electrons. The lowest BCUT2D eigenvalue weighted by atomic mass is 9.48. The molecule has 7 rings (SSSR count). The molecule has 7 nitrogen and oxygen atoms in total. The highest BCUT2D eigenvalue weighted by molar-refractivity contribution is 5.92. The van der Waals surface area contributed by atoms with Crippen LogP contribution >= 0.6 is 0 Å². The van der Waals surface area contributed by atoms with Crippen molar-refractivity contribution in [3.8, 4) is 11.5 Å². The second-order valence-corrected chi connectivity index (χ2v) is 13.0. The summed E-state index contributed by atoms with van der Waals surface area (Å²) in [5, 5.41) is 12.8. The van der Waals surface area contributed by atoms with E-state index in [1.54, 1.807) is 11.0 Å². The number of carbonyl (C=O) groups excluding carboxylic acids is 2. The number of rotatable bonds is 7. The Balaban J connectivity index is 1.25. The number of ether oxygens (including phenoxy) is 2. The molecule has 2 unspecified atom stereocenters. The fraction of sp³-hybridized carbons (Fsp3) is 0.529. The molecule has 2 bridgehead atoms. The number of alkyl halides is 3. The van der Waals surface area contributed by atoms with Crippen molar-refractivity contribution in [1.82, 2.24) is 9.80 Å². The number of piperidine rings is 1. The van der Waals surface area contributed by atoms with Crippen molar-refractivity contribution < 1.29 is 37.3 Å². The summed E-state index contributed by atoms with van der Waals surface area (Å²) >= 11 is 0. The van der Waals surface area contributed by atoms with Gasteiger partial charge in [-0.3, -0.25) is 14.5 Å². The largest absolute Gasteiger partial charge is 0.483 e. The highest BCUT2D eigenvalue weighted by Gasteiger charge is 2.73. The fourth-order valence-electron chi connectivity index (χ4n) is 8.63. The number of likely N-dealkylation sites (N-methyl/N-ethyl adjacent to an activating group) is 1. The van der Waals surface area contributed by atoms with Crippen LogP contribution in [0.1, 0.15) is 68.2 Å². The third-order valence-corrected chi connectivity index (χ3v) is 10.6. The van der Waals surface area contributed by atoms with Gasteiger partial charge in [-0.25, -0.2) is 0 Å². The minimum absolute atomic E-state index is 0.0893. The predicted octanol–water partition coefficient (Wildman–Crippen LogP) is 5.13. The summed E-state index contributed by atoms with van der Waals surface area (Å²) in [6.07, 6.45) is 2.39. The number of benzene rings is 2. The maximum Gasteiger partial charge on any atom is 0.416 e. The Morgan fingerprint density at radius 3 is 2.68 bits per heavy atom. The monoisotopic (exact) mass is 610 g/mol. The molecule has 2 aromatic rings. The predicted molar refractivity (Wildman–Crippen MR) is 156 cm³/mol. The number of amides is 1. The standard InChI is InChI=1S/C34H37F3N2O5/c1-3-39(28(41)12-9-21-5-4-6-24(17-21)34(35,36)37)25-13-14-33(42)27-18-23-10-11-26(43-20(2)40)30-29(23)32(33,31(25)44-30)15-16-38(27)19-22-7-8-22/h4-6,9-12,17,22,25,27,31,42H,3,7-8,13-16,18-19H2,1-2H3/b12-9+/t25?,27-,31?,32+,33-/m1/s1. The maximum atomic E-state index is 13.7. The van der Waals surface area contributed by atoms with Crippen LogP contribution in [0, 0.1) is 5.92 Å². The molecule has 5 aliphatic rings. The van der Waals surface area contributed by atoms with E-state index in [2.05, 4.69) is 4.90 Å². The van der Waals surface area contributed by atoms with Crippen LogP contribution in [-0.4, -0.2) is 70.2 Å². The Labute approximate surface area is 254 Å². The average Bonchev–Trinajstić information content (AvgIpc) is 3.72. The summed E-state index contributed by atoms with van der Waals surface area (Å²) in [5.41, 5.74) is -0.407. The Bertz CT molecular complexity index is 1540. The van der Waals surface area contributed by atoms with Crippen LogP contribution in [0.25, 0.3) is 6.08 Å². The van der Waals surface area contributed by atoms with Gasteiger partial charge in [-0.05, 0) is 93.3 Å². The van der Waals surface area contributed by atoms with Crippen LogP contribution in [0.2, 0.25) is 0 Å². The normalized spacial score (nSPS) is 30.5. The highest BCUT2D eigenvalue weighted by atomic mass is 19.4. The SMILES string of the molecule is CCN(C(=O)/C=C/c1cccc(C(F)(F)F)c1)C1CC[C@@]2(O)[C@H]3Cc4ccc(OC(C)=O)c5c4[C@@]2(CCN3CC2CC2)C1O5. The number of hydrogen-bond acceptors (Lipinski definition) is 6. The lowest BCUT2D eigenvalue weighted by Gasteiger charge is -2.64. The lowest BCUT2D eigenvalue weighted by molar-refractivity contribution is -0.201. The van der Waals surface area contributed by atoms with E-state index in [4.69, 9.17) is 9.47 Å². The van der Waals surface area contributed by atoms with E-state index in [9.17, 15) is 27.9 Å². The Hall–Kier alpha value is -3.37. The molecule has 1 amide bonds. The van der Waals surface area contributed by atoms with E-state index >= 15 is 0 Å². The van der Waals surface area contributed by atoms with E-state index in [1.807, 2.05) is 13.0 Å². The van der Waals surface area contributed by atoms with Crippen molar-refractivity contribution in [2.24, 2.45) is 5.92 Å². The summed E-state index contributed by atoms with van der Waals surface area (Å²) in [6.45, 7) is 5.32. The average molecular weight is 611 g/mol. The first-order valence-corrected chi connectivity index (χ1v) is 15.6. The van der Waals surface area contributed by atoms with Gasteiger partial charge in [-0.2, -0.15) is 13.2 Å². The van der Waals surface area contributed by atoms with Crippen LogP contribution in [0.15, 0.2) is 42.5 Å². The van der Waals surface area contributed by atoms with Crippen molar-refractivity contribution in [1.29, 1.82) is 0 Å². The number of carbonyl (C=O) groups is 2. The van der Waals surface area contributed by atoms with Crippen molar-refractivity contribution >= 4 is 18.0 Å². The van der Waals surface area contributed by atoms with E-state index in [-0.39, 0.29) is 17.5 Å². The van der Waals surface area contributed by atoms with Gasteiger partial charge in [0.1, 0.15) is 6.10 Å². The first kappa shape index (κ1) is 29.3. The molecule has 1 spiro atoms. The van der Waals surface area contributed by atoms with E-state index < -0.39 is 40.9 Å². The van der Waals surface area contributed by atoms with Gasteiger partial charge in [0.05, 0.1) is 22.6 Å². The van der Waals surface area contributed by atoms with Gasteiger partial charge in [0.2, 0.25) is 5.91 Å². The third kappa shape index (κ3) is 4.47. The molecule has 10 heteroatoms. The Kier molecular flexibility index (Phi) is 6.90. The molecular weight excluding hydrogens is 573 g/mol. The van der Waals surface area contributed by atoms with Crippen LogP contribution in [0.5, 0.6) is 11.5 Å². The number of hydrogen-bond donors (Lipinski definition) is 1. The number of esters is 1. The number of halogens is 3. The highest BCUT2D eigenvalue weighted by Crippen LogP contribution is 2.66. The summed E-state index contributed by atoms with van der Waals surface area (Å²) in [7, 11) is 0. The second-order valence-electron chi connectivity index (χ2n) is 13.0. The Morgan fingerprint density at radius 2 is 1.98 bits per heavy atom. The molecule has 5 atom stereocenters. The summed E-state index contributed by atoms with van der Waals surface area (Å²) in [4.78, 5) is 29.9. The van der Waals surface area contributed by atoms with Crippen LogP contribution < -0.4 is 9.47 Å². The second kappa shape index (κ2) is 10.3. The van der Waals surface area contributed by atoms with Gasteiger partial charge < -0.3 is 19.5 Å².